The summed E-state index contributed by atoms with van der Waals surface area (Å²) in [6.07, 6.45) is 0. The molecule has 0 aliphatic heterocycles. The van der Waals surface area contributed by atoms with Gasteiger partial charge in [-0.25, -0.2) is 0 Å². The van der Waals surface area contributed by atoms with Crippen molar-refractivity contribution < 1.29 is 13.2 Å². The van der Waals surface area contributed by atoms with Gasteiger partial charge in [0.2, 0.25) is 11.0 Å². The normalized spacial score (nSPS) is 11.1. The quantitative estimate of drug-likeness (QED) is 0.447. The minimum absolute atomic E-state index is 0.135. The largest absolute Gasteiger partial charge is 0.301 e. The first kappa shape index (κ1) is 19.3. The van der Waals surface area contributed by atoms with Crippen LogP contribution in [0.3, 0.4) is 0 Å². The Balaban J connectivity index is 1.63. The van der Waals surface area contributed by atoms with Gasteiger partial charge in [-0.2, -0.15) is 8.42 Å². The van der Waals surface area contributed by atoms with Gasteiger partial charge < -0.3 is 5.32 Å². The van der Waals surface area contributed by atoms with Crippen LogP contribution in [-0.2, 0) is 20.6 Å². The number of benzene rings is 2. The zero-order chi connectivity index (χ0) is 19.3. The van der Waals surface area contributed by atoms with E-state index in [0.717, 1.165) is 22.7 Å². The Morgan fingerprint density at radius 1 is 1.07 bits per heavy atom. The summed E-state index contributed by atoms with van der Waals surface area (Å²) in [6.45, 7) is 1.31. The molecular formula is C17H16N4O3S3. The predicted molar refractivity (Wildman–Crippen MR) is 107 cm³/mol. The van der Waals surface area contributed by atoms with Gasteiger partial charge in [-0.05, 0) is 29.8 Å². The summed E-state index contributed by atoms with van der Waals surface area (Å²) in [5.41, 5.74) is 1.51. The Kier molecular flexibility index (Phi) is 6.09. The second kappa shape index (κ2) is 8.51. The zero-order valence-corrected chi connectivity index (χ0v) is 16.7. The van der Waals surface area contributed by atoms with Crippen LogP contribution in [0.5, 0.6) is 0 Å². The lowest BCUT2D eigenvalue weighted by Gasteiger charge is -2.07. The molecule has 7 nitrogen and oxygen atoms in total. The van der Waals surface area contributed by atoms with E-state index >= 15 is 0 Å². The Morgan fingerprint density at radius 2 is 1.78 bits per heavy atom. The lowest BCUT2D eigenvalue weighted by molar-refractivity contribution is -0.114. The summed E-state index contributed by atoms with van der Waals surface area (Å²) in [5.74, 6) is 0.445. The predicted octanol–water partition coefficient (Wildman–Crippen LogP) is 3.59. The van der Waals surface area contributed by atoms with E-state index in [9.17, 15) is 13.2 Å². The number of anilines is 2. The molecule has 1 aromatic heterocycles. The molecule has 10 heteroatoms. The smallest absolute Gasteiger partial charge is 0.291 e. The van der Waals surface area contributed by atoms with E-state index in [2.05, 4.69) is 20.2 Å². The summed E-state index contributed by atoms with van der Waals surface area (Å²) < 4.78 is 27.0. The van der Waals surface area contributed by atoms with Gasteiger partial charge >= 0.3 is 0 Å². The number of thioether (sulfide) groups is 1. The van der Waals surface area contributed by atoms with Crippen molar-refractivity contribution in [3.05, 3.63) is 60.2 Å². The highest BCUT2D eigenvalue weighted by Crippen LogP contribution is 2.25. The van der Waals surface area contributed by atoms with E-state index < -0.39 is 10.0 Å². The standard InChI is InChI=1S/C17H16N4O3S3/c1-12(22)18-16-19-20-17(26-16)27(23,24)21-14-9-7-13(8-10-14)11-25-15-5-3-2-4-6-15/h2-10,21H,11H2,1H3,(H,18,19,22). The molecule has 0 saturated heterocycles. The molecule has 140 valence electrons. The van der Waals surface area contributed by atoms with Crippen LogP contribution in [0.4, 0.5) is 10.8 Å². The molecule has 0 unspecified atom stereocenters. The topological polar surface area (TPSA) is 101 Å². The minimum atomic E-state index is -3.86. The lowest BCUT2D eigenvalue weighted by atomic mass is 10.2. The van der Waals surface area contributed by atoms with Crippen LogP contribution in [0.15, 0.2) is 63.8 Å². The Hall–Kier alpha value is -2.43. The van der Waals surface area contributed by atoms with E-state index in [0.29, 0.717) is 5.69 Å². The maximum Gasteiger partial charge on any atom is 0.291 e. The van der Waals surface area contributed by atoms with Crippen molar-refractivity contribution in [2.24, 2.45) is 0 Å². The second-order valence-corrected chi connectivity index (χ2v) is 9.34. The van der Waals surface area contributed by atoms with Gasteiger partial charge in [0.15, 0.2) is 0 Å². The molecule has 0 aliphatic carbocycles. The number of nitrogens with one attached hydrogen (secondary N) is 2. The molecule has 1 amide bonds. The number of hydrogen-bond donors (Lipinski definition) is 2. The van der Waals surface area contributed by atoms with Crippen LogP contribution in [0.1, 0.15) is 12.5 Å². The fraction of sp³-hybridized carbons (Fsp3) is 0.118. The van der Waals surface area contributed by atoms with Gasteiger partial charge in [0.1, 0.15) is 0 Å². The van der Waals surface area contributed by atoms with Crippen molar-refractivity contribution >= 4 is 49.8 Å². The average molecular weight is 421 g/mol. The Labute approximate surface area is 165 Å². The maximum absolute atomic E-state index is 12.4. The molecular weight excluding hydrogens is 404 g/mol. The summed E-state index contributed by atoms with van der Waals surface area (Å²) in [7, 11) is -3.86. The van der Waals surface area contributed by atoms with Gasteiger partial charge in [0, 0.05) is 23.3 Å². The fourth-order valence-corrected chi connectivity index (χ4v) is 4.95. The molecule has 0 spiro atoms. The van der Waals surface area contributed by atoms with Crippen LogP contribution in [0.25, 0.3) is 0 Å². The third-order valence-corrected chi connectivity index (χ3v) is 6.94. The Bertz CT molecular complexity index is 1020. The van der Waals surface area contributed by atoms with Gasteiger partial charge in [0.25, 0.3) is 14.4 Å². The lowest BCUT2D eigenvalue weighted by Crippen LogP contribution is -2.12. The number of aromatic nitrogens is 2. The number of amides is 1. The summed E-state index contributed by atoms with van der Waals surface area (Å²) >= 11 is 2.50. The molecule has 0 radical (unpaired) electrons. The SMILES string of the molecule is CC(=O)Nc1nnc(S(=O)(=O)Nc2ccc(CSc3ccccc3)cc2)s1. The van der Waals surface area contributed by atoms with Crippen LogP contribution in [0, 0.1) is 0 Å². The first-order chi connectivity index (χ1) is 12.9. The van der Waals surface area contributed by atoms with E-state index in [1.54, 1.807) is 23.9 Å². The van der Waals surface area contributed by atoms with Crippen LogP contribution >= 0.6 is 23.1 Å². The third-order valence-electron chi connectivity index (χ3n) is 3.27. The van der Waals surface area contributed by atoms with Crippen molar-refractivity contribution in [3.63, 3.8) is 0 Å². The van der Waals surface area contributed by atoms with Crippen LogP contribution in [-0.4, -0.2) is 24.5 Å². The Morgan fingerprint density at radius 3 is 2.44 bits per heavy atom. The number of sulfonamides is 1. The molecule has 0 fully saturated rings. The van der Waals surface area contributed by atoms with E-state index in [4.69, 9.17) is 0 Å². The highest BCUT2D eigenvalue weighted by atomic mass is 32.2. The molecule has 1 heterocycles. The van der Waals surface area contributed by atoms with Crippen molar-refractivity contribution in [3.8, 4) is 0 Å². The van der Waals surface area contributed by atoms with E-state index in [1.165, 1.54) is 11.8 Å². The minimum Gasteiger partial charge on any atom is -0.301 e. The van der Waals surface area contributed by atoms with Crippen LogP contribution < -0.4 is 10.0 Å². The van der Waals surface area contributed by atoms with E-state index in [1.807, 2.05) is 42.5 Å². The molecule has 2 aromatic carbocycles. The first-order valence-corrected chi connectivity index (χ1v) is 11.1. The summed E-state index contributed by atoms with van der Waals surface area (Å²) in [5, 5.41) is 9.81. The number of carbonyl (C=O) groups excluding carboxylic acids is 1. The summed E-state index contributed by atoms with van der Waals surface area (Å²) in [6, 6.07) is 17.2. The van der Waals surface area contributed by atoms with Crippen molar-refractivity contribution in [2.45, 2.75) is 21.9 Å². The van der Waals surface area contributed by atoms with Crippen molar-refractivity contribution in [1.29, 1.82) is 0 Å². The van der Waals surface area contributed by atoms with Gasteiger partial charge in [-0.1, -0.05) is 41.7 Å². The fourth-order valence-electron chi connectivity index (χ4n) is 2.07. The third kappa shape index (κ3) is 5.52. The highest BCUT2D eigenvalue weighted by Gasteiger charge is 2.20. The molecule has 3 aromatic rings. The second-order valence-electron chi connectivity index (χ2n) is 5.46. The zero-order valence-electron chi connectivity index (χ0n) is 14.2. The van der Waals surface area contributed by atoms with E-state index in [-0.39, 0.29) is 15.4 Å². The number of nitrogens with zero attached hydrogens (tertiary/aromatic N) is 2. The molecule has 0 bridgehead atoms. The number of rotatable bonds is 7. The molecule has 0 saturated carbocycles. The number of hydrogen-bond acceptors (Lipinski definition) is 7. The monoisotopic (exact) mass is 420 g/mol. The maximum atomic E-state index is 12.4. The molecule has 0 atom stereocenters. The van der Waals surface area contributed by atoms with Gasteiger partial charge in [-0.3, -0.25) is 9.52 Å². The van der Waals surface area contributed by atoms with Crippen molar-refractivity contribution in [2.75, 3.05) is 10.0 Å². The molecule has 27 heavy (non-hydrogen) atoms. The molecule has 2 N–H and O–H groups in total. The van der Waals surface area contributed by atoms with Gasteiger partial charge in [0.05, 0.1) is 0 Å². The first-order valence-electron chi connectivity index (χ1n) is 7.83. The van der Waals surface area contributed by atoms with Gasteiger partial charge in [-0.15, -0.1) is 22.0 Å². The van der Waals surface area contributed by atoms with Crippen molar-refractivity contribution in [1.82, 2.24) is 10.2 Å². The molecule has 0 aliphatic rings. The highest BCUT2D eigenvalue weighted by molar-refractivity contribution is 7.98. The average Bonchev–Trinajstić information content (AvgIpc) is 3.10. The van der Waals surface area contributed by atoms with Crippen LogP contribution in [0.2, 0.25) is 0 Å². The summed E-state index contributed by atoms with van der Waals surface area (Å²) in [4.78, 5) is 12.2. The molecule has 3 rings (SSSR count). The number of carbonyl (C=O) groups is 1.